The number of anilines is 1. The number of hydrogen-bond acceptors (Lipinski definition) is 7. The Morgan fingerprint density at radius 3 is 2.38 bits per heavy atom. The van der Waals surface area contributed by atoms with Crippen LogP contribution in [0.25, 0.3) is 0 Å². The smallest absolute Gasteiger partial charge is 0.379 e. The van der Waals surface area contributed by atoms with Crippen LogP contribution in [0.5, 0.6) is 0 Å². The molecule has 0 aromatic heterocycles. The van der Waals surface area contributed by atoms with Gasteiger partial charge in [-0.25, -0.2) is 0 Å². The van der Waals surface area contributed by atoms with Gasteiger partial charge in [-0.15, -0.1) is 23.4 Å². The number of rotatable bonds is 7. The highest BCUT2D eigenvalue weighted by molar-refractivity contribution is 7.99. The first-order chi connectivity index (χ1) is 14.9. The van der Waals surface area contributed by atoms with Gasteiger partial charge in [0, 0.05) is 28.8 Å². The fourth-order valence-corrected chi connectivity index (χ4v) is 3.24. The van der Waals surface area contributed by atoms with Crippen molar-refractivity contribution in [3.63, 3.8) is 0 Å². The van der Waals surface area contributed by atoms with Crippen LogP contribution in [-0.4, -0.2) is 38.8 Å². The summed E-state index contributed by atoms with van der Waals surface area (Å²) in [6.45, 7) is 1.20. The molecule has 0 bridgehead atoms. The third-order valence-corrected chi connectivity index (χ3v) is 5.18. The van der Waals surface area contributed by atoms with E-state index in [1.807, 2.05) is 0 Å². The molecule has 32 heavy (non-hydrogen) atoms. The van der Waals surface area contributed by atoms with Crippen molar-refractivity contribution < 1.29 is 28.0 Å². The lowest BCUT2D eigenvalue weighted by Gasteiger charge is -2.22. The summed E-state index contributed by atoms with van der Waals surface area (Å²) in [6.07, 6.45) is -3.51. The molecule has 0 saturated heterocycles. The summed E-state index contributed by atoms with van der Waals surface area (Å²) < 4.78 is 39.2. The van der Waals surface area contributed by atoms with Crippen molar-refractivity contribution in [3.8, 4) is 0 Å². The second-order valence-electron chi connectivity index (χ2n) is 6.20. The van der Waals surface area contributed by atoms with E-state index in [4.69, 9.17) is 0 Å². The highest BCUT2D eigenvalue weighted by atomic mass is 35.5. The van der Waals surface area contributed by atoms with Gasteiger partial charge in [-0.2, -0.15) is 18.2 Å². The molecule has 13 heteroatoms. The molecular formula is C19H17ClF3N3O4S2. The van der Waals surface area contributed by atoms with Gasteiger partial charge in [0.1, 0.15) is 11.2 Å². The van der Waals surface area contributed by atoms with E-state index < -0.39 is 33.9 Å². The van der Waals surface area contributed by atoms with Crippen LogP contribution in [0.2, 0.25) is 0 Å². The lowest BCUT2D eigenvalue weighted by Crippen LogP contribution is -2.42. The third-order valence-electron chi connectivity index (χ3n) is 3.78. The standard InChI is InChI=1S/C18H14F3N3O4S2.CH3Cl/c1-17(26,9-30-13-5-2-11(3-6-13)22-10-29)16(25)23-12-4-7-15(24(27)28)14(8-12)18(19,20)21;1-2/h2-8,26H,9H2,1H3,(H,23,25);1H3/t17-;/m1./s1. The quantitative estimate of drug-likeness (QED) is 0.125. The van der Waals surface area contributed by atoms with Crippen LogP contribution in [0.1, 0.15) is 12.5 Å². The second kappa shape index (κ2) is 11.9. The number of nitrogens with zero attached hydrogens (tertiary/aromatic N) is 2. The minimum Gasteiger partial charge on any atom is -0.379 e. The van der Waals surface area contributed by atoms with E-state index in [1.165, 1.54) is 13.3 Å². The number of carbonyl (C=O) groups excluding carboxylic acids is 1. The van der Waals surface area contributed by atoms with Gasteiger partial charge >= 0.3 is 6.18 Å². The molecule has 0 heterocycles. The van der Waals surface area contributed by atoms with Crippen molar-refractivity contribution in [2.75, 3.05) is 17.5 Å². The number of hydrogen-bond donors (Lipinski definition) is 2. The Kier molecular flexibility index (Phi) is 10.3. The zero-order valence-corrected chi connectivity index (χ0v) is 19.0. The minimum absolute atomic E-state index is 0.103. The van der Waals surface area contributed by atoms with Crippen molar-refractivity contribution in [1.29, 1.82) is 0 Å². The fraction of sp³-hybridized carbons (Fsp3) is 0.263. The Hall–Kier alpha value is -2.50. The molecule has 0 aliphatic heterocycles. The number of isothiocyanates is 1. The van der Waals surface area contributed by atoms with E-state index in [-0.39, 0.29) is 11.4 Å². The number of amides is 1. The van der Waals surface area contributed by atoms with Gasteiger partial charge < -0.3 is 10.4 Å². The van der Waals surface area contributed by atoms with E-state index in [0.717, 1.165) is 17.8 Å². The number of nitro benzene ring substituents is 1. The van der Waals surface area contributed by atoms with Crippen LogP contribution in [-0.2, 0) is 11.0 Å². The molecular weight excluding hydrogens is 491 g/mol. The van der Waals surface area contributed by atoms with Crippen LogP contribution in [0.3, 0.4) is 0 Å². The van der Waals surface area contributed by atoms with E-state index in [2.05, 4.69) is 39.3 Å². The first kappa shape index (κ1) is 27.5. The van der Waals surface area contributed by atoms with Crippen molar-refractivity contribution in [2.45, 2.75) is 23.6 Å². The molecule has 1 amide bonds. The number of aliphatic imine (C=N–C) groups is 1. The highest BCUT2D eigenvalue weighted by Crippen LogP contribution is 2.37. The maximum atomic E-state index is 13.1. The fourth-order valence-electron chi connectivity index (χ4n) is 2.22. The molecule has 0 saturated carbocycles. The minimum atomic E-state index is -4.99. The highest BCUT2D eigenvalue weighted by Gasteiger charge is 2.39. The Balaban J connectivity index is 0.00000249. The van der Waals surface area contributed by atoms with E-state index in [9.17, 15) is 33.2 Å². The molecule has 2 aromatic carbocycles. The Morgan fingerprint density at radius 1 is 1.28 bits per heavy atom. The summed E-state index contributed by atoms with van der Waals surface area (Å²) in [5.74, 6) is -1.06. The average Bonchev–Trinajstić information content (AvgIpc) is 2.74. The summed E-state index contributed by atoms with van der Waals surface area (Å²) in [4.78, 5) is 26.5. The average molecular weight is 508 g/mol. The Morgan fingerprint density at radius 2 is 1.88 bits per heavy atom. The lowest BCUT2D eigenvalue weighted by atomic mass is 10.1. The molecule has 0 aliphatic carbocycles. The summed E-state index contributed by atoms with van der Waals surface area (Å²) in [7, 11) is 0. The predicted octanol–water partition coefficient (Wildman–Crippen LogP) is 5.68. The number of thioether (sulfide) groups is 1. The van der Waals surface area contributed by atoms with Gasteiger partial charge in [0.2, 0.25) is 0 Å². The molecule has 0 radical (unpaired) electrons. The Labute approximate surface area is 195 Å². The van der Waals surface area contributed by atoms with Crippen LogP contribution in [0.4, 0.5) is 30.2 Å². The van der Waals surface area contributed by atoms with Gasteiger partial charge in [-0.3, -0.25) is 14.9 Å². The van der Waals surface area contributed by atoms with Gasteiger partial charge in [0.05, 0.1) is 15.8 Å². The lowest BCUT2D eigenvalue weighted by molar-refractivity contribution is -0.388. The van der Waals surface area contributed by atoms with Crippen LogP contribution < -0.4 is 5.32 Å². The topological polar surface area (TPSA) is 105 Å². The normalized spacial score (nSPS) is 12.5. The van der Waals surface area contributed by atoms with Crippen molar-refractivity contribution in [2.24, 2.45) is 4.99 Å². The molecule has 7 nitrogen and oxygen atoms in total. The summed E-state index contributed by atoms with van der Waals surface area (Å²) in [5.41, 5.74) is -4.32. The van der Waals surface area contributed by atoms with Gasteiger partial charge in [-0.1, -0.05) is 0 Å². The largest absolute Gasteiger partial charge is 0.423 e. The van der Waals surface area contributed by atoms with Gasteiger partial charge in [0.25, 0.3) is 11.6 Å². The van der Waals surface area contributed by atoms with Crippen LogP contribution in [0.15, 0.2) is 52.4 Å². The number of alkyl halides is 4. The number of nitrogens with one attached hydrogen (secondary N) is 1. The van der Waals surface area contributed by atoms with E-state index >= 15 is 0 Å². The molecule has 0 unspecified atom stereocenters. The summed E-state index contributed by atoms with van der Waals surface area (Å²) in [5, 5.41) is 25.6. The summed E-state index contributed by atoms with van der Waals surface area (Å²) in [6, 6.07) is 8.76. The summed E-state index contributed by atoms with van der Waals surface area (Å²) >= 11 is 10.3. The Bertz CT molecular complexity index is 1010. The molecule has 2 aromatic rings. The maximum absolute atomic E-state index is 13.1. The van der Waals surface area contributed by atoms with Crippen molar-refractivity contribution >= 4 is 63.7 Å². The SMILES string of the molecule is CCl.C[C@@](O)(CSc1ccc(N=C=S)cc1)C(=O)Nc1ccc([N+](=O)[O-])c(C(F)(F)F)c1. The van der Waals surface area contributed by atoms with Crippen LogP contribution in [0, 0.1) is 10.1 Å². The van der Waals surface area contributed by atoms with Gasteiger partial charge in [-0.05, 0) is 55.5 Å². The molecule has 0 fully saturated rings. The van der Waals surface area contributed by atoms with Crippen LogP contribution >= 0.6 is 35.6 Å². The number of halogens is 4. The van der Waals surface area contributed by atoms with Crippen molar-refractivity contribution in [1.82, 2.24) is 0 Å². The molecule has 0 aliphatic rings. The first-order valence-corrected chi connectivity index (χ1v) is 10.7. The maximum Gasteiger partial charge on any atom is 0.423 e. The van der Waals surface area contributed by atoms with E-state index in [1.54, 1.807) is 24.3 Å². The second-order valence-corrected chi connectivity index (χ2v) is 7.43. The first-order valence-electron chi connectivity index (χ1n) is 8.52. The van der Waals surface area contributed by atoms with Crippen molar-refractivity contribution in [3.05, 3.63) is 58.1 Å². The third kappa shape index (κ3) is 7.88. The molecule has 0 spiro atoms. The number of thiocarbonyl (C=S) groups is 1. The molecule has 2 rings (SSSR count). The monoisotopic (exact) mass is 507 g/mol. The number of aliphatic hydroxyl groups is 1. The number of nitro groups is 1. The number of benzene rings is 2. The predicted molar refractivity (Wildman–Crippen MR) is 121 cm³/mol. The number of carbonyl (C=O) groups is 1. The zero-order chi connectivity index (χ0) is 24.5. The van der Waals surface area contributed by atoms with Gasteiger partial charge in [0.15, 0.2) is 0 Å². The molecule has 172 valence electrons. The molecule has 1 atom stereocenters. The zero-order valence-electron chi connectivity index (χ0n) is 16.6. The molecule has 2 N–H and O–H groups in total. The van der Waals surface area contributed by atoms with E-state index in [0.29, 0.717) is 22.7 Å².